The van der Waals surface area contributed by atoms with Gasteiger partial charge in [-0.15, -0.1) is 0 Å². The number of hydrogen-bond acceptors (Lipinski definition) is 5. The fourth-order valence-corrected chi connectivity index (χ4v) is 5.04. The first kappa shape index (κ1) is 23.8. The maximum Gasteiger partial charge on any atom is 0.268 e. The molecule has 7 nitrogen and oxygen atoms in total. The largest absolute Gasteiger partial charge is 0.497 e. The van der Waals surface area contributed by atoms with E-state index >= 15 is 0 Å². The van der Waals surface area contributed by atoms with E-state index in [4.69, 9.17) is 16.3 Å². The van der Waals surface area contributed by atoms with Gasteiger partial charge in [-0.2, -0.15) is 0 Å². The molecule has 0 aromatic heterocycles. The molecular weight excluding hydrogens is 476 g/mol. The smallest absolute Gasteiger partial charge is 0.268 e. The van der Waals surface area contributed by atoms with Gasteiger partial charge in [-0.05, 0) is 47.4 Å². The first-order valence-corrected chi connectivity index (χ1v) is 12.3. The van der Waals surface area contributed by atoms with Crippen LogP contribution in [0.1, 0.15) is 47.1 Å². The zero-order valence-electron chi connectivity index (χ0n) is 19.0. The number of hydrogen-bond donors (Lipinski definition) is 1. The normalized spacial score (nSPS) is 13.7. The van der Waals surface area contributed by atoms with E-state index in [1.807, 2.05) is 20.8 Å². The van der Waals surface area contributed by atoms with Gasteiger partial charge in [-0.1, -0.05) is 50.6 Å². The van der Waals surface area contributed by atoms with E-state index in [2.05, 4.69) is 4.72 Å². The Morgan fingerprint density at radius 2 is 1.56 bits per heavy atom. The second-order valence-corrected chi connectivity index (χ2v) is 11.0. The third-order valence-corrected chi connectivity index (χ3v) is 7.27. The number of carbonyl (C=O) groups excluding carboxylic acids is 2. The molecule has 3 aromatic rings. The molecule has 34 heavy (non-hydrogen) atoms. The van der Waals surface area contributed by atoms with Crippen LogP contribution in [0.4, 0.5) is 11.4 Å². The number of ether oxygens (including phenoxy) is 1. The Hall–Kier alpha value is -3.36. The average Bonchev–Trinajstić information content (AvgIpc) is 3.06. The molecule has 0 saturated carbocycles. The molecule has 1 N–H and O–H groups in total. The zero-order chi connectivity index (χ0) is 24.8. The van der Waals surface area contributed by atoms with E-state index in [0.29, 0.717) is 5.75 Å². The number of halogens is 1. The summed E-state index contributed by atoms with van der Waals surface area (Å²) >= 11 is 6.26. The third-order valence-electron chi connectivity index (χ3n) is 5.57. The van der Waals surface area contributed by atoms with Crippen molar-refractivity contribution in [3.8, 4) is 5.75 Å². The number of nitrogens with one attached hydrogen (secondary N) is 1. The van der Waals surface area contributed by atoms with E-state index in [9.17, 15) is 18.0 Å². The molecule has 9 heteroatoms. The molecule has 1 aliphatic heterocycles. The van der Waals surface area contributed by atoms with Crippen LogP contribution >= 0.6 is 11.6 Å². The van der Waals surface area contributed by atoms with E-state index in [1.54, 1.807) is 30.3 Å². The molecule has 0 fully saturated rings. The van der Waals surface area contributed by atoms with Gasteiger partial charge in [0.15, 0.2) is 0 Å². The van der Waals surface area contributed by atoms with Gasteiger partial charge in [-0.25, -0.2) is 13.3 Å². The molecule has 1 heterocycles. The van der Waals surface area contributed by atoms with E-state index in [-0.39, 0.29) is 37.8 Å². The van der Waals surface area contributed by atoms with E-state index < -0.39 is 21.8 Å². The SMILES string of the molecule is COc1cccc(N2C(=O)c3c(Cl)ccc(NS(=O)(=O)c4ccc(C(C)(C)C)cc4)c3C2=O)c1. The number of sulfonamides is 1. The predicted molar refractivity (Wildman–Crippen MR) is 132 cm³/mol. The molecule has 0 bridgehead atoms. The van der Waals surface area contributed by atoms with Crippen LogP contribution in [0.5, 0.6) is 5.75 Å². The number of rotatable bonds is 5. The van der Waals surface area contributed by atoms with Gasteiger partial charge in [-0.3, -0.25) is 14.3 Å². The summed E-state index contributed by atoms with van der Waals surface area (Å²) in [5, 5.41) is 0.0521. The molecule has 0 atom stereocenters. The van der Waals surface area contributed by atoms with Gasteiger partial charge < -0.3 is 4.74 Å². The lowest BCUT2D eigenvalue weighted by Crippen LogP contribution is -2.29. The molecule has 3 aromatic carbocycles. The Kier molecular flexibility index (Phi) is 5.91. The number of fused-ring (bicyclic) bond motifs is 1. The Morgan fingerprint density at radius 3 is 2.18 bits per heavy atom. The average molecular weight is 499 g/mol. The Labute approximate surface area is 203 Å². The summed E-state index contributed by atoms with van der Waals surface area (Å²) in [6.07, 6.45) is 0. The summed E-state index contributed by atoms with van der Waals surface area (Å²) in [7, 11) is -2.57. The van der Waals surface area contributed by atoms with Crippen LogP contribution < -0.4 is 14.4 Å². The molecular formula is C25H23ClN2O5S. The second kappa shape index (κ2) is 8.45. The molecule has 0 unspecified atom stereocenters. The van der Waals surface area contributed by atoms with Crippen molar-refractivity contribution in [3.05, 3.63) is 82.4 Å². The maximum atomic E-state index is 13.3. The highest BCUT2D eigenvalue weighted by atomic mass is 35.5. The number of methoxy groups -OCH3 is 1. The van der Waals surface area contributed by atoms with Crippen molar-refractivity contribution in [1.82, 2.24) is 0 Å². The monoisotopic (exact) mass is 498 g/mol. The number of amides is 2. The summed E-state index contributed by atoms with van der Waals surface area (Å²) in [5.74, 6) is -0.870. The second-order valence-electron chi connectivity index (χ2n) is 8.87. The number of carbonyl (C=O) groups is 2. The van der Waals surface area contributed by atoms with Gasteiger partial charge in [0, 0.05) is 6.07 Å². The topological polar surface area (TPSA) is 92.8 Å². The minimum Gasteiger partial charge on any atom is -0.497 e. The molecule has 0 radical (unpaired) electrons. The van der Waals surface area contributed by atoms with Crippen molar-refractivity contribution in [2.45, 2.75) is 31.1 Å². The van der Waals surface area contributed by atoms with Crippen LogP contribution in [0.2, 0.25) is 5.02 Å². The van der Waals surface area contributed by atoms with Crippen molar-refractivity contribution in [2.75, 3.05) is 16.7 Å². The molecule has 0 aliphatic carbocycles. The van der Waals surface area contributed by atoms with Gasteiger partial charge in [0.2, 0.25) is 0 Å². The highest BCUT2D eigenvalue weighted by molar-refractivity contribution is 7.92. The number of benzene rings is 3. The highest BCUT2D eigenvalue weighted by Gasteiger charge is 2.41. The fraction of sp³-hybridized carbons (Fsp3) is 0.200. The van der Waals surface area contributed by atoms with Crippen LogP contribution in [0, 0.1) is 0 Å². The lowest BCUT2D eigenvalue weighted by atomic mass is 9.87. The third kappa shape index (κ3) is 4.15. The lowest BCUT2D eigenvalue weighted by molar-refractivity contribution is 0.0926. The van der Waals surface area contributed by atoms with Crippen LogP contribution in [-0.4, -0.2) is 27.3 Å². The minimum absolute atomic E-state index is 0.0250. The highest BCUT2D eigenvalue weighted by Crippen LogP contribution is 2.38. The minimum atomic E-state index is -4.04. The lowest BCUT2D eigenvalue weighted by Gasteiger charge is -2.19. The van der Waals surface area contributed by atoms with E-state index in [0.717, 1.165) is 10.5 Å². The van der Waals surface area contributed by atoms with Gasteiger partial charge >= 0.3 is 0 Å². The zero-order valence-corrected chi connectivity index (χ0v) is 20.6. The molecule has 4 rings (SSSR count). The summed E-state index contributed by atoms with van der Waals surface area (Å²) in [6, 6.07) is 15.7. The van der Waals surface area contributed by atoms with Crippen LogP contribution in [0.25, 0.3) is 0 Å². The van der Waals surface area contributed by atoms with Gasteiger partial charge in [0.25, 0.3) is 21.8 Å². The summed E-state index contributed by atoms with van der Waals surface area (Å²) in [6.45, 7) is 6.09. The fourth-order valence-electron chi connectivity index (χ4n) is 3.73. The van der Waals surface area contributed by atoms with Crippen molar-refractivity contribution in [1.29, 1.82) is 0 Å². The Bertz CT molecular complexity index is 1410. The van der Waals surface area contributed by atoms with Crippen molar-refractivity contribution < 1.29 is 22.7 Å². The van der Waals surface area contributed by atoms with Crippen LogP contribution in [0.15, 0.2) is 65.6 Å². The summed E-state index contributed by atoms with van der Waals surface area (Å²) in [4.78, 5) is 27.5. The number of imide groups is 1. The summed E-state index contributed by atoms with van der Waals surface area (Å²) in [5.41, 5.74) is 0.945. The van der Waals surface area contributed by atoms with Crippen molar-refractivity contribution in [3.63, 3.8) is 0 Å². The maximum absolute atomic E-state index is 13.3. The quantitative estimate of drug-likeness (QED) is 0.485. The van der Waals surface area contributed by atoms with Crippen LogP contribution in [0.3, 0.4) is 0 Å². The molecule has 0 spiro atoms. The van der Waals surface area contributed by atoms with Crippen LogP contribution in [-0.2, 0) is 15.4 Å². The predicted octanol–water partition coefficient (Wildman–Crippen LogP) is 5.25. The number of anilines is 2. The Morgan fingerprint density at radius 1 is 0.912 bits per heavy atom. The van der Waals surface area contributed by atoms with Gasteiger partial charge in [0.1, 0.15) is 5.75 Å². The van der Waals surface area contributed by atoms with Crippen molar-refractivity contribution >= 4 is 44.8 Å². The first-order valence-electron chi connectivity index (χ1n) is 10.4. The molecule has 0 saturated heterocycles. The first-order chi connectivity index (χ1) is 15.9. The molecule has 176 valence electrons. The number of nitrogens with zero attached hydrogens (tertiary/aromatic N) is 1. The van der Waals surface area contributed by atoms with Gasteiger partial charge in [0.05, 0.1) is 39.5 Å². The Balaban J connectivity index is 1.73. The van der Waals surface area contributed by atoms with E-state index in [1.165, 1.54) is 37.4 Å². The molecule has 1 aliphatic rings. The standard InChI is InChI=1S/C25H23ClN2O5S/c1-25(2,3)15-8-10-18(11-9-15)34(31,32)27-20-13-12-19(26)21-22(20)24(30)28(23(21)29)16-6-5-7-17(14-16)33-4/h5-14,27H,1-4H3. The summed E-state index contributed by atoms with van der Waals surface area (Å²) < 4.78 is 33.8. The van der Waals surface area contributed by atoms with Crippen molar-refractivity contribution in [2.24, 2.45) is 0 Å². The molecule has 2 amide bonds.